The number of carbonyl (C=O) groups excluding carboxylic acids is 1. The first kappa shape index (κ1) is 19.4. The maximum absolute atomic E-state index is 13.3. The molecule has 0 aromatic heterocycles. The summed E-state index contributed by atoms with van der Waals surface area (Å²) in [4.78, 5) is 10.0. The zero-order chi connectivity index (χ0) is 16.3. The number of ether oxygens (including phenoxy) is 1. The number of Topliss-reactive ketones (excluding diaryl/α,β-unsaturated/α-hetero) is 1. The number of nitrogens with one attached hydrogen (secondary N) is 1. The summed E-state index contributed by atoms with van der Waals surface area (Å²) in [7, 11) is 1.46. The minimum absolute atomic E-state index is 0.281. The zero-order valence-corrected chi connectivity index (χ0v) is 13.8. The van der Waals surface area contributed by atoms with E-state index in [2.05, 4.69) is 19.2 Å². The standard InChI is InChI=1S/C12H18FNO.C5H10O/c1-4-5-9(2)14-10-6-7-12(15-3)11(13)8-10;1-3-4-5(2)6/h6-9,14H,4-5H2,1-3H3;3-4H2,1-2H3. The molecule has 0 aliphatic rings. The van der Waals surface area contributed by atoms with Gasteiger partial charge < -0.3 is 14.8 Å². The van der Waals surface area contributed by atoms with Crippen LogP contribution in [0.4, 0.5) is 10.1 Å². The largest absolute Gasteiger partial charge is 0.494 e. The van der Waals surface area contributed by atoms with Crippen LogP contribution in [0.1, 0.15) is 53.4 Å². The van der Waals surface area contributed by atoms with E-state index in [1.165, 1.54) is 13.2 Å². The van der Waals surface area contributed by atoms with Gasteiger partial charge in [0.2, 0.25) is 0 Å². The molecule has 1 atom stereocenters. The first-order chi connectivity index (χ1) is 9.94. The molecule has 0 saturated heterocycles. The predicted octanol–water partition coefficient (Wildman–Crippen LogP) is 4.81. The molecule has 1 aromatic carbocycles. The van der Waals surface area contributed by atoms with Crippen LogP contribution in [0.5, 0.6) is 5.75 Å². The second-order valence-electron chi connectivity index (χ2n) is 5.14. The van der Waals surface area contributed by atoms with Gasteiger partial charge in [-0.3, -0.25) is 0 Å². The normalized spacial score (nSPS) is 11.1. The molecule has 4 heteroatoms. The molecule has 1 unspecified atom stereocenters. The zero-order valence-electron chi connectivity index (χ0n) is 13.8. The van der Waals surface area contributed by atoms with Crippen molar-refractivity contribution in [3.05, 3.63) is 24.0 Å². The average Bonchev–Trinajstić information content (AvgIpc) is 2.39. The molecular weight excluding hydrogens is 269 g/mol. The molecule has 0 fully saturated rings. The second-order valence-corrected chi connectivity index (χ2v) is 5.14. The van der Waals surface area contributed by atoms with Crippen LogP contribution < -0.4 is 10.1 Å². The van der Waals surface area contributed by atoms with Gasteiger partial charge in [0.25, 0.3) is 0 Å². The Bertz CT molecular complexity index is 421. The van der Waals surface area contributed by atoms with Crippen molar-refractivity contribution in [1.29, 1.82) is 0 Å². The third-order valence-electron chi connectivity index (χ3n) is 2.89. The molecule has 0 aliphatic carbocycles. The highest BCUT2D eigenvalue weighted by molar-refractivity contribution is 5.75. The highest BCUT2D eigenvalue weighted by Crippen LogP contribution is 2.21. The number of carbonyl (C=O) groups is 1. The Morgan fingerprint density at radius 1 is 1.33 bits per heavy atom. The van der Waals surface area contributed by atoms with Crippen LogP contribution >= 0.6 is 0 Å². The molecule has 0 heterocycles. The highest BCUT2D eigenvalue weighted by atomic mass is 19.1. The van der Waals surface area contributed by atoms with Crippen LogP contribution in [0.3, 0.4) is 0 Å². The van der Waals surface area contributed by atoms with E-state index in [9.17, 15) is 9.18 Å². The average molecular weight is 297 g/mol. The van der Waals surface area contributed by atoms with E-state index in [-0.39, 0.29) is 17.3 Å². The SMILES string of the molecule is CCCC(C)=O.CCCC(C)Nc1ccc(OC)c(F)c1. The summed E-state index contributed by atoms with van der Waals surface area (Å²) in [5.41, 5.74) is 0.800. The number of hydrogen-bond acceptors (Lipinski definition) is 3. The highest BCUT2D eigenvalue weighted by Gasteiger charge is 2.05. The first-order valence-electron chi connectivity index (χ1n) is 7.54. The topological polar surface area (TPSA) is 38.3 Å². The van der Waals surface area contributed by atoms with Crippen LogP contribution in [0.15, 0.2) is 18.2 Å². The van der Waals surface area contributed by atoms with E-state index in [0.717, 1.165) is 31.4 Å². The lowest BCUT2D eigenvalue weighted by atomic mass is 10.2. The maximum Gasteiger partial charge on any atom is 0.167 e. The van der Waals surface area contributed by atoms with Gasteiger partial charge in [-0.2, -0.15) is 0 Å². The molecule has 1 N–H and O–H groups in total. The lowest BCUT2D eigenvalue weighted by Gasteiger charge is -2.14. The fraction of sp³-hybridized carbons (Fsp3) is 0.588. The minimum Gasteiger partial charge on any atom is -0.494 e. The van der Waals surface area contributed by atoms with Crippen LogP contribution in [0.25, 0.3) is 0 Å². The fourth-order valence-electron chi connectivity index (χ4n) is 1.90. The maximum atomic E-state index is 13.3. The monoisotopic (exact) mass is 297 g/mol. The number of hydrogen-bond donors (Lipinski definition) is 1. The molecule has 0 amide bonds. The Balaban J connectivity index is 0.000000567. The number of ketones is 1. The van der Waals surface area contributed by atoms with E-state index in [0.29, 0.717) is 6.04 Å². The van der Waals surface area contributed by atoms with Crippen LogP contribution in [0, 0.1) is 5.82 Å². The molecule has 0 spiro atoms. The first-order valence-corrected chi connectivity index (χ1v) is 7.54. The van der Waals surface area contributed by atoms with Gasteiger partial charge in [-0.1, -0.05) is 20.3 Å². The summed E-state index contributed by atoms with van der Waals surface area (Å²) < 4.78 is 18.2. The number of methoxy groups -OCH3 is 1. The van der Waals surface area contributed by atoms with Crippen molar-refractivity contribution in [3.8, 4) is 5.75 Å². The Morgan fingerprint density at radius 2 is 2.00 bits per heavy atom. The van der Waals surface area contributed by atoms with Gasteiger partial charge in [-0.25, -0.2) is 4.39 Å². The van der Waals surface area contributed by atoms with Crippen molar-refractivity contribution in [2.45, 2.75) is 59.4 Å². The van der Waals surface area contributed by atoms with E-state index in [4.69, 9.17) is 4.74 Å². The Hall–Kier alpha value is -1.58. The van der Waals surface area contributed by atoms with Crippen molar-refractivity contribution < 1.29 is 13.9 Å². The second kappa shape index (κ2) is 11.1. The molecular formula is C17H28FNO2. The van der Waals surface area contributed by atoms with Gasteiger partial charge in [0.05, 0.1) is 7.11 Å². The summed E-state index contributed by atoms with van der Waals surface area (Å²) in [6, 6.07) is 5.29. The summed E-state index contributed by atoms with van der Waals surface area (Å²) in [6.45, 7) is 7.84. The minimum atomic E-state index is -0.328. The van der Waals surface area contributed by atoms with Crippen molar-refractivity contribution in [2.75, 3.05) is 12.4 Å². The Morgan fingerprint density at radius 3 is 2.38 bits per heavy atom. The number of halogens is 1. The van der Waals surface area contributed by atoms with E-state index >= 15 is 0 Å². The summed E-state index contributed by atoms with van der Waals surface area (Å²) >= 11 is 0. The van der Waals surface area contributed by atoms with Gasteiger partial charge in [0, 0.05) is 24.2 Å². The lowest BCUT2D eigenvalue weighted by Crippen LogP contribution is -2.14. The van der Waals surface area contributed by atoms with E-state index in [1.54, 1.807) is 13.0 Å². The van der Waals surface area contributed by atoms with Crippen LogP contribution in [-0.4, -0.2) is 18.9 Å². The van der Waals surface area contributed by atoms with E-state index < -0.39 is 0 Å². The van der Waals surface area contributed by atoms with Crippen molar-refractivity contribution in [3.63, 3.8) is 0 Å². The molecule has 0 bridgehead atoms. The summed E-state index contributed by atoms with van der Waals surface area (Å²) in [5, 5.41) is 3.24. The number of anilines is 1. The molecule has 0 saturated carbocycles. The fourth-order valence-corrected chi connectivity index (χ4v) is 1.90. The number of benzene rings is 1. The Kier molecular flexibility index (Phi) is 10.3. The summed E-state index contributed by atoms with van der Waals surface area (Å²) in [5.74, 6) is 0.243. The van der Waals surface area contributed by atoms with Crippen LogP contribution in [0.2, 0.25) is 0 Å². The predicted molar refractivity (Wildman–Crippen MR) is 86.5 cm³/mol. The number of rotatable bonds is 7. The molecule has 1 rings (SSSR count). The quantitative estimate of drug-likeness (QED) is 0.785. The van der Waals surface area contributed by atoms with Crippen LogP contribution in [-0.2, 0) is 4.79 Å². The Labute approximate surface area is 127 Å². The molecule has 1 aromatic rings. The lowest BCUT2D eigenvalue weighted by molar-refractivity contribution is -0.117. The third-order valence-corrected chi connectivity index (χ3v) is 2.89. The third kappa shape index (κ3) is 9.05. The van der Waals surface area contributed by atoms with Gasteiger partial charge in [-0.15, -0.1) is 0 Å². The van der Waals surface area contributed by atoms with Gasteiger partial charge >= 0.3 is 0 Å². The van der Waals surface area contributed by atoms with E-state index in [1.807, 2.05) is 13.0 Å². The molecule has 3 nitrogen and oxygen atoms in total. The molecule has 21 heavy (non-hydrogen) atoms. The molecule has 0 aliphatic heterocycles. The molecule has 120 valence electrons. The van der Waals surface area contributed by atoms with Gasteiger partial charge in [0.15, 0.2) is 11.6 Å². The van der Waals surface area contributed by atoms with Gasteiger partial charge in [0.1, 0.15) is 5.78 Å². The van der Waals surface area contributed by atoms with Crippen molar-refractivity contribution in [1.82, 2.24) is 0 Å². The summed E-state index contributed by atoms with van der Waals surface area (Å²) in [6.07, 6.45) is 3.91. The smallest absolute Gasteiger partial charge is 0.167 e. The van der Waals surface area contributed by atoms with Crippen molar-refractivity contribution in [2.24, 2.45) is 0 Å². The van der Waals surface area contributed by atoms with Gasteiger partial charge in [-0.05, 0) is 38.8 Å². The van der Waals surface area contributed by atoms with Crippen molar-refractivity contribution >= 4 is 11.5 Å². The molecule has 0 radical (unpaired) electrons.